The Balaban J connectivity index is 3.63. The zero-order chi connectivity index (χ0) is 8.91. The fraction of sp³-hybridized carbons (Fsp3) is 0.857. The number of carboxylic acid groups (broad SMARTS) is 1. The summed E-state index contributed by atoms with van der Waals surface area (Å²) in [5.74, 6) is -2.80. The van der Waals surface area contributed by atoms with Gasteiger partial charge < -0.3 is 15.3 Å². The molecule has 66 valence electrons. The number of rotatable bonds is 5. The van der Waals surface area contributed by atoms with Crippen molar-refractivity contribution >= 4 is 5.97 Å². The summed E-state index contributed by atoms with van der Waals surface area (Å²) in [6.45, 7) is 1.81. The highest BCUT2D eigenvalue weighted by Gasteiger charge is 2.22. The maximum Gasteiger partial charge on any atom is 0.303 e. The molecule has 3 N–H and O–H groups in total. The van der Waals surface area contributed by atoms with Crippen LogP contribution in [-0.2, 0) is 4.79 Å². The molecule has 0 unspecified atom stereocenters. The molecule has 0 bridgehead atoms. The zero-order valence-corrected chi connectivity index (χ0v) is 6.58. The fourth-order valence-corrected chi connectivity index (χ4v) is 0.833. The summed E-state index contributed by atoms with van der Waals surface area (Å²) < 4.78 is 0. The average Bonchev–Trinajstić information content (AvgIpc) is 1.84. The molecule has 0 aromatic carbocycles. The first-order valence-electron chi connectivity index (χ1n) is 3.64. The topological polar surface area (TPSA) is 77.8 Å². The van der Waals surface area contributed by atoms with Crippen molar-refractivity contribution in [3.63, 3.8) is 0 Å². The van der Waals surface area contributed by atoms with E-state index in [1.54, 1.807) is 0 Å². The molecule has 0 aromatic heterocycles. The van der Waals surface area contributed by atoms with Crippen LogP contribution < -0.4 is 0 Å². The van der Waals surface area contributed by atoms with Crippen LogP contribution >= 0.6 is 0 Å². The van der Waals surface area contributed by atoms with Crippen LogP contribution in [0.5, 0.6) is 0 Å². The summed E-state index contributed by atoms with van der Waals surface area (Å²) >= 11 is 0. The zero-order valence-electron chi connectivity index (χ0n) is 6.58. The van der Waals surface area contributed by atoms with Gasteiger partial charge in [0.25, 0.3) is 0 Å². The van der Waals surface area contributed by atoms with Gasteiger partial charge in [-0.2, -0.15) is 0 Å². The van der Waals surface area contributed by atoms with E-state index in [-0.39, 0.29) is 19.3 Å². The first kappa shape index (κ1) is 10.4. The van der Waals surface area contributed by atoms with Crippen molar-refractivity contribution in [1.29, 1.82) is 0 Å². The predicted molar refractivity (Wildman–Crippen MR) is 38.9 cm³/mol. The van der Waals surface area contributed by atoms with Gasteiger partial charge in [-0.3, -0.25) is 4.79 Å². The monoisotopic (exact) mass is 162 g/mol. The van der Waals surface area contributed by atoms with Crippen LogP contribution in [0.4, 0.5) is 0 Å². The lowest BCUT2D eigenvalue weighted by molar-refractivity contribution is -0.176. The normalized spacial score (nSPS) is 11.5. The molecule has 0 radical (unpaired) electrons. The van der Waals surface area contributed by atoms with E-state index in [1.807, 2.05) is 6.92 Å². The van der Waals surface area contributed by atoms with E-state index < -0.39 is 11.8 Å². The van der Waals surface area contributed by atoms with Crippen molar-refractivity contribution in [3.05, 3.63) is 0 Å². The van der Waals surface area contributed by atoms with Gasteiger partial charge in [0.2, 0.25) is 0 Å². The van der Waals surface area contributed by atoms with E-state index in [1.165, 1.54) is 0 Å². The van der Waals surface area contributed by atoms with Crippen molar-refractivity contribution in [1.82, 2.24) is 0 Å². The molecule has 0 aliphatic rings. The van der Waals surface area contributed by atoms with Gasteiger partial charge in [-0.25, -0.2) is 0 Å². The van der Waals surface area contributed by atoms with Gasteiger partial charge in [0.05, 0.1) is 6.42 Å². The van der Waals surface area contributed by atoms with Crippen LogP contribution in [0.3, 0.4) is 0 Å². The molecule has 11 heavy (non-hydrogen) atoms. The molecule has 0 atom stereocenters. The standard InChI is InChI=1S/C7H14O4/c1-2-4-7(10,11)5-3-6(8)9/h10-11H,2-5H2,1H3,(H,8,9). The smallest absolute Gasteiger partial charge is 0.303 e. The molecule has 0 fully saturated rings. The summed E-state index contributed by atoms with van der Waals surface area (Å²) in [6, 6.07) is 0. The van der Waals surface area contributed by atoms with Crippen LogP contribution in [-0.4, -0.2) is 27.1 Å². The van der Waals surface area contributed by atoms with Gasteiger partial charge in [0.15, 0.2) is 5.79 Å². The first-order chi connectivity index (χ1) is 4.98. The molecule has 0 aromatic rings. The average molecular weight is 162 g/mol. The number of carboxylic acids is 1. The van der Waals surface area contributed by atoms with Crippen molar-refractivity contribution in [2.24, 2.45) is 0 Å². The Hall–Kier alpha value is -0.610. The lowest BCUT2D eigenvalue weighted by Crippen LogP contribution is -2.28. The molecular weight excluding hydrogens is 148 g/mol. The Morgan fingerprint density at radius 1 is 1.36 bits per heavy atom. The number of hydrogen-bond acceptors (Lipinski definition) is 3. The fourth-order valence-electron chi connectivity index (χ4n) is 0.833. The van der Waals surface area contributed by atoms with E-state index in [2.05, 4.69) is 0 Å². The number of aliphatic hydroxyl groups is 2. The lowest BCUT2D eigenvalue weighted by atomic mass is 10.1. The Bertz CT molecular complexity index is 130. The molecule has 0 rings (SSSR count). The molecule has 0 amide bonds. The van der Waals surface area contributed by atoms with Crippen molar-refractivity contribution in [3.8, 4) is 0 Å². The van der Waals surface area contributed by atoms with Gasteiger partial charge in [-0.05, 0) is 0 Å². The minimum absolute atomic E-state index is 0.101. The van der Waals surface area contributed by atoms with Crippen LogP contribution in [0.1, 0.15) is 32.6 Å². The Morgan fingerprint density at radius 3 is 2.27 bits per heavy atom. The molecule has 0 heterocycles. The maximum atomic E-state index is 10.0. The number of carbonyl (C=O) groups is 1. The van der Waals surface area contributed by atoms with Crippen LogP contribution in [0.25, 0.3) is 0 Å². The second-order valence-corrected chi connectivity index (χ2v) is 2.63. The molecule has 4 nitrogen and oxygen atoms in total. The number of hydrogen-bond donors (Lipinski definition) is 3. The minimum Gasteiger partial charge on any atom is -0.481 e. The predicted octanol–water partition coefficient (Wildman–Crippen LogP) is 0.332. The summed E-state index contributed by atoms with van der Waals surface area (Å²) in [5.41, 5.74) is 0. The lowest BCUT2D eigenvalue weighted by Gasteiger charge is -2.19. The molecule has 0 aliphatic carbocycles. The van der Waals surface area contributed by atoms with E-state index in [4.69, 9.17) is 15.3 Å². The van der Waals surface area contributed by atoms with E-state index >= 15 is 0 Å². The van der Waals surface area contributed by atoms with Gasteiger partial charge in [0, 0.05) is 12.8 Å². The molecular formula is C7H14O4. The van der Waals surface area contributed by atoms with Crippen LogP contribution in [0.15, 0.2) is 0 Å². The van der Waals surface area contributed by atoms with Crippen molar-refractivity contribution in [2.75, 3.05) is 0 Å². The number of aliphatic carboxylic acids is 1. The largest absolute Gasteiger partial charge is 0.481 e. The summed E-state index contributed by atoms with van der Waals surface area (Å²) in [4.78, 5) is 10.0. The summed E-state index contributed by atoms with van der Waals surface area (Å²) in [5, 5.41) is 26.3. The van der Waals surface area contributed by atoms with Gasteiger partial charge in [-0.1, -0.05) is 13.3 Å². The SMILES string of the molecule is CCCC(O)(O)CCC(=O)O. The van der Waals surface area contributed by atoms with E-state index in [0.29, 0.717) is 6.42 Å². The van der Waals surface area contributed by atoms with Crippen LogP contribution in [0, 0.1) is 0 Å². The molecule has 0 spiro atoms. The Labute approximate surface area is 65.5 Å². The second kappa shape index (κ2) is 4.31. The van der Waals surface area contributed by atoms with Crippen molar-refractivity contribution < 1.29 is 20.1 Å². The third kappa shape index (κ3) is 5.82. The van der Waals surface area contributed by atoms with Gasteiger partial charge >= 0.3 is 5.97 Å². The molecule has 0 aliphatic heterocycles. The highest BCUT2D eigenvalue weighted by Crippen LogP contribution is 2.15. The quantitative estimate of drug-likeness (QED) is 0.509. The first-order valence-corrected chi connectivity index (χ1v) is 3.64. The third-order valence-corrected chi connectivity index (χ3v) is 1.39. The maximum absolute atomic E-state index is 10.0. The summed E-state index contributed by atoms with van der Waals surface area (Å²) in [7, 11) is 0. The molecule has 0 saturated carbocycles. The van der Waals surface area contributed by atoms with Crippen molar-refractivity contribution in [2.45, 2.75) is 38.4 Å². The summed E-state index contributed by atoms with van der Waals surface area (Å²) in [6.07, 6.45) is 0.552. The van der Waals surface area contributed by atoms with E-state index in [9.17, 15) is 4.79 Å². The minimum atomic E-state index is -1.80. The van der Waals surface area contributed by atoms with Gasteiger partial charge in [-0.15, -0.1) is 0 Å². The van der Waals surface area contributed by atoms with E-state index in [0.717, 1.165) is 0 Å². The van der Waals surface area contributed by atoms with Gasteiger partial charge in [0.1, 0.15) is 0 Å². The highest BCUT2D eigenvalue weighted by molar-refractivity contribution is 5.66. The van der Waals surface area contributed by atoms with Crippen LogP contribution in [0.2, 0.25) is 0 Å². The Morgan fingerprint density at radius 2 is 1.91 bits per heavy atom. The Kier molecular flexibility index (Phi) is 4.07. The molecule has 4 heteroatoms. The molecule has 0 saturated heterocycles. The highest BCUT2D eigenvalue weighted by atomic mass is 16.5. The third-order valence-electron chi connectivity index (χ3n) is 1.39. The second-order valence-electron chi connectivity index (χ2n) is 2.63.